The number of carbonyl (C=O) groups is 1. The number of nitrogens with one attached hydrogen (secondary N) is 2. The Morgan fingerprint density at radius 3 is 3.05 bits per heavy atom. The summed E-state index contributed by atoms with van der Waals surface area (Å²) in [6, 6.07) is 1.72. The van der Waals surface area contributed by atoms with Gasteiger partial charge < -0.3 is 10.7 Å². The first-order chi connectivity index (χ1) is 10.1. The molecular formula is C15H23BrN4O. The third kappa shape index (κ3) is 4.68. The molecule has 4 N–H and O–H groups in total. The Labute approximate surface area is 134 Å². The van der Waals surface area contributed by atoms with Gasteiger partial charge in [0.05, 0.1) is 5.56 Å². The average molecular weight is 355 g/mol. The predicted octanol–water partition coefficient (Wildman–Crippen LogP) is 3.08. The van der Waals surface area contributed by atoms with Crippen LogP contribution in [0.2, 0.25) is 0 Å². The van der Waals surface area contributed by atoms with E-state index in [1.54, 1.807) is 12.3 Å². The van der Waals surface area contributed by atoms with Gasteiger partial charge in [-0.2, -0.15) is 0 Å². The Kier molecular flexibility index (Phi) is 5.99. The number of nitrogens with zero attached hydrogens (tertiary/aromatic N) is 1. The topological polar surface area (TPSA) is 80.0 Å². The van der Waals surface area contributed by atoms with Gasteiger partial charge >= 0.3 is 0 Å². The van der Waals surface area contributed by atoms with E-state index in [2.05, 4.69) is 38.6 Å². The monoisotopic (exact) mass is 354 g/mol. The van der Waals surface area contributed by atoms with Gasteiger partial charge in [0.1, 0.15) is 0 Å². The smallest absolute Gasteiger partial charge is 0.255 e. The number of anilines is 1. The number of hydrogen-bond donors (Lipinski definition) is 3. The summed E-state index contributed by atoms with van der Waals surface area (Å²) in [7, 11) is 0. The molecule has 1 aliphatic rings. The number of aromatic nitrogens is 1. The normalized spacial score (nSPS) is 21.9. The first-order valence-electron chi connectivity index (χ1n) is 7.50. The standard InChI is InChI=1S/C15H23BrN4O/c1-10-3-2-4-11(7-10)5-6-18-15(21)13-8-12(16)9-19-14(13)20-17/h8-11H,2-7,17H2,1H3,(H,18,21)(H,19,20). The van der Waals surface area contributed by atoms with Crippen LogP contribution in [-0.2, 0) is 0 Å². The van der Waals surface area contributed by atoms with Gasteiger partial charge in [0.2, 0.25) is 0 Å². The van der Waals surface area contributed by atoms with Crippen LogP contribution < -0.4 is 16.6 Å². The second-order valence-electron chi connectivity index (χ2n) is 5.88. The Morgan fingerprint density at radius 1 is 1.52 bits per heavy atom. The van der Waals surface area contributed by atoms with E-state index in [-0.39, 0.29) is 5.91 Å². The maximum absolute atomic E-state index is 12.2. The van der Waals surface area contributed by atoms with Gasteiger partial charge in [-0.05, 0) is 46.7 Å². The number of halogens is 1. The summed E-state index contributed by atoms with van der Waals surface area (Å²) in [5.41, 5.74) is 2.92. The van der Waals surface area contributed by atoms with Crippen LogP contribution in [0.5, 0.6) is 0 Å². The summed E-state index contributed by atoms with van der Waals surface area (Å²) in [4.78, 5) is 16.3. The van der Waals surface area contributed by atoms with Gasteiger partial charge in [-0.3, -0.25) is 4.79 Å². The van der Waals surface area contributed by atoms with Crippen LogP contribution in [0.4, 0.5) is 5.82 Å². The van der Waals surface area contributed by atoms with Crippen molar-refractivity contribution in [2.24, 2.45) is 17.7 Å². The molecule has 0 bridgehead atoms. The summed E-state index contributed by atoms with van der Waals surface area (Å²) in [5, 5.41) is 2.97. The minimum Gasteiger partial charge on any atom is -0.352 e. The van der Waals surface area contributed by atoms with Crippen molar-refractivity contribution < 1.29 is 4.79 Å². The number of nitrogens with two attached hydrogens (primary N) is 1. The Hall–Kier alpha value is -1.14. The van der Waals surface area contributed by atoms with Crippen molar-refractivity contribution in [2.45, 2.75) is 39.0 Å². The van der Waals surface area contributed by atoms with Gasteiger partial charge in [-0.15, -0.1) is 0 Å². The third-order valence-electron chi connectivity index (χ3n) is 4.12. The van der Waals surface area contributed by atoms with Crippen molar-refractivity contribution >= 4 is 27.7 Å². The van der Waals surface area contributed by atoms with Crippen molar-refractivity contribution in [2.75, 3.05) is 12.0 Å². The molecule has 0 aromatic carbocycles. The summed E-state index contributed by atoms with van der Waals surface area (Å²) < 4.78 is 0.757. The van der Waals surface area contributed by atoms with Crippen molar-refractivity contribution in [1.82, 2.24) is 10.3 Å². The molecule has 1 heterocycles. The van der Waals surface area contributed by atoms with E-state index >= 15 is 0 Å². The zero-order chi connectivity index (χ0) is 15.2. The number of carbonyl (C=O) groups excluding carboxylic acids is 1. The van der Waals surface area contributed by atoms with Crippen LogP contribution in [0.1, 0.15) is 49.4 Å². The van der Waals surface area contributed by atoms with Crippen molar-refractivity contribution in [3.05, 3.63) is 22.3 Å². The summed E-state index contributed by atoms with van der Waals surface area (Å²) in [6.07, 6.45) is 7.88. The molecular weight excluding hydrogens is 332 g/mol. The highest BCUT2D eigenvalue weighted by atomic mass is 79.9. The van der Waals surface area contributed by atoms with E-state index in [0.29, 0.717) is 17.9 Å². The molecule has 0 saturated heterocycles. The van der Waals surface area contributed by atoms with Crippen LogP contribution in [0.3, 0.4) is 0 Å². The van der Waals surface area contributed by atoms with E-state index in [1.165, 1.54) is 25.7 Å². The van der Waals surface area contributed by atoms with Crippen LogP contribution in [0, 0.1) is 11.8 Å². The summed E-state index contributed by atoms with van der Waals surface area (Å²) in [5.74, 6) is 7.20. The molecule has 0 aliphatic heterocycles. The third-order valence-corrected chi connectivity index (χ3v) is 4.55. The maximum Gasteiger partial charge on any atom is 0.255 e. The van der Waals surface area contributed by atoms with Gasteiger partial charge in [0.15, 0.2) is 5.82 Å². The SMILES string of the molecule is CC1CCCC(CCNC(=O)c2cc(Br)cnc2NN)C1. The molecule has 1 saturated carbocycles. The lowest BCUT2D eigenvalue weighted by Crippen LogP contribution is -2.28. The number of hydrazine groups is 1. The van der Waals surface area contributed by atoms with E-state index < -0.39 is 0 Å². The minimum absolute atomic E-state index is 0.138. The van der Waals surface area contributed by atoms with E-state index in [9.17, 15) is 4.79 Å². The molecule has 1 amide bonds. The molecule has 116 valence electrons. The van der Waals surface area contributed by atoms with Crippen molar-refractivity contribution in [1.29, 1.82) is 0 Å². The van der Waals surface area contributed by atoms with E-state index in [1.807, 2.05) is 0 Å². The first kappa shape index (κ1) is 16.2. The molecule has 1 aromatic rings. The number of rotatable bonds is 5. The highest BCUT2D eigenvalue weighted by molar-refractivity contribution is 9.10. The van der Waals surface area contributed by atoms with E-state index in [0.717, 1.165) is 22.7 Å². The fourth-order valence-electron chi connectivity index (χ4n) is 3.03. The summed E-state index contributed by atoms with van der Waals surface area (Å²) in [6.45, 7) is 3.02. The minimum atomic E-state index is -0.138. The van der Waals surface area contributed by atoms with Crippen LogP contribution in [-0.4, -0.2) is 17.4 Å². The lowest BCUT2D eigenvalue weighted by atomic mass is 9.81. The molecule has 5 nitrogen and oxygen atoms in total. The second kappa shape index (κ2) is 7.75. The highest BCUT2D eigenvalue weighted by Crippen LogP contribution is 2.30. The maximum atomic E-state index is 12.2. The molecule has 2 unspecified atom stereocenters. The molecule has 1 aliphatic carbocycles. The second-order valence-corrected chi connectivity index (χ2v) is 6.79. The Morgan fingerprint density at radius 2 is 2.33 bits per heavy atom. The zero-order valence-electron chi connectivity index (χ0n) is 12.4. The lowest BCUT2D eigenvalue weighted by Gasteiger charge is -2.26. The lowest BCUT2D eigenvalue weighted by molar-refractivity contribution is 0.0950. The summed E-state index contributed by atoms with van der Waals surface area (Å²) >= 11 is 3.32. The Bertz CT molecular complexity index is 495. The molecule has 0 radical (unpaired) electrons. The predicted molar refractivity (Wildman–Crippen MR) is 87.8 cm³/mol. The van der Waals surface area contributed by atoms with Crippen molar-refractivity contribution in [3.8, 4) is 0 Å². The molecule has 6 heteroatoms. The first-order valence-corrected chi connectivity index (χ1v) is 8.29. The molecule has 0 spiro atoms. The zero-order valence-corrected chi connectivity index (χ0v) is 13.9. The fourth-order valence-corrected chi connectivity index (χ4v) is 3.37. The number of pyridine rings is 1. The van der Waals surface area contributed by atoms with Gasteiger partial charge in [0, 0.05) is 17.2 Å². The van der Waals surface area contributed by atoms with Crippen LogP contribution in [0.15, 0.2) is 16.7 Å². The quantitative estimate of drug-likeness (QED) is 0.560. The molecule has 21 heavy (non-hydrogen) atoms. The van der Waals surface area contributed by atoms with Crippen LogP contribution in [0.25, 0.3) is 0 Å². The molecule has 2 rings (SSSR count). The highest BCUT2D eigenvalue weighted by Gasteiger charge is 2.19. The van der Waals surface area contributed by atoms with Gasteiger partial charge in [0.25, 0.3) is 5.91 Å². The number of hydrogen-bond acceptors (Lipinski definition) is 4. The fraction of sp³-hybridized carbons (Fsp3) is 0.600. The average Bonchev–Trinajstić information content (AvgIpc) is 2.47. The van der Waals surface area contributed by atoms with Gasteiger partial charge in [-0.1, -0.05) is 26.2 Å². The van der Waals surface area contributed by atoms with E-state index in [4.69, 9.17) is 5.84 Å². The van der Waals surface area contributed by atoms with Crippen molar-refractivity contribution in [3.63, 3.8) is 0 Å². The number of nitrogen functional groups attached to an aromatic ring is 1. The largest absolute Gasteiger partial charge is 0.352 e. The van der Waals surface area contributed by atoms with Crippen LogP contribution >= 0.6 is 15.9 Å². The molecule has 1 aromatic heterocycles. The number of amides is 1. The van der Waals surface area contributed by atoms with Gasteiger partial charge in [-0.25, -0.2) is 10.8 Å². The molecule has 1 fully saturated rings. The Balaban J connectivity index is 1.85. The molecule has 2 atom stereocenters.